The van der Waals surface area contributed by atoms with Crippen molar-refractivity contribution in [1.82, 2.24) is 9.62 Å². The van der Waals surface area contributed by atoms with E-state index in [1.165, 1.54) is 4.31 Å². The molecular formula is C22H26BrClN2O3S2. The first-order valence-corrected chi connectivity index (χ1v) is 14.1. The molecule has 0 saturated carbocycles. The molecule has 1 aliphatic rings. The third-order valence-electron chi connectivity index (χ3n) is 5.22. The van der Waals surface area contributed by atoms with Crippen molar-refractivity contribution in [2.75, 3.05) is 25.4 Å². The minimum absolute atomic E-state index is 0.0161. The molecule has 2 aromatic carbocycles. The second kappa shape index (κ2) is 11.7. The summed E-state index contributed by atoms with van der Waals surface area (Å²) in [5.41, 5.74) is 1.85. The summed E-state index contributed by atoms with van der Waals surface area (Å²) in [4.78, 5) is 12.5. The maximum atomic E-state index is 12.7. The lowest BCUT2D eigenvalue weighted by Gasteiger charge is -2.30. The van der Waals surface area contributed by atoms with Gasteiger partial charge in [0.15, 0.2) is 0 Å². The molecule has 1 saturated heterocycles. The molecule has 1 N–H and O–H groups in total. The van der Waals surface area contributed by atoms with E-state index in [-0.39, 0.29) is 17.6 Å². The van der Waals surface area contributed by atoms with Crippen LogP contribution in [0.5, 0.6) is 0 Å². The van der Waals surface area contributed by atoms with E-state index in [0.29, 0.717) is 32.5 Å². The molecule has 0 radical (unpaired) electrons. The first-order chi connectivity index (χ1) is 14.8. The molecule has 9 heteroatoms. The maximum absolute atomic E-state index is 12.7. The highest BCUT2D eigenvalue weighted by Gasteiger charge is 2.31. The number of sulfonamides is 1. The number of piperidine rings is 1. The van der Waals surface area contributed by atoms with Gasteiger partial charge in [-0.15, -0.1) is 0 Å². The lowest BCUT2D eigenvalue weighted by atomic mass is 9.97. The number of carbonyl (C=O) groups is 1. The molecule has 3 rings (SSSR count). The summed E-state index contributed by atoms with van der Waals surface area (Å²) in [5, 5.41) is 3.75. The average Bonchev–Trinajstić information content (AvgIpc) is 2.74. The first-order valence-electron chi connectivity index (χ1n) is 10.2. The minimum atomic E-state index is -3.39. The van der Waals surface area contributed by atoms with Crippen molar-refractivity contribution in [1.29, 1.82) is 0 Å². The standard InChI is InChI=1S/C22H26BrClN2O3S2/c23-20-6-3-4-17(14-20)16-31(28,29)26-11-8-18(9-12-26)22(27)25-10-13-30-15-19-5-1-2-7-21(19)24/h1-7,14,18H,8-13,15-16H2,(H,25,27). The Labute approximate surface area is 202 Å². The number of nitrogens with one attached hydrogen (secondary N) is 1. The van der Waals surface area contributed by atoms with Crippen LogP contribution in [0.4, 0.5) is 0 Å². The monoisotopic (exact) mass is 544 g/mol. The average molecular weight is 546 g/mol. The van der Waals surface area contributed by atoms with E-state index in [4.69, 9.17) is 11.6 Å². The van der Waals surface area contributed by atoms with Gasteiger partial charge < -0.3 is 5.32 Å². The lowest BCUT2D eigenvalue weighted by Crippen LogP contribution is -2.43. The van der Waals surface area contributed by atoms with Gasteiger partial charge in [0, 0.05) is 46.6 Å². The highest BCUT2D eigenvalue weighted by Crippen LogP contribution is 2.23. The Morgan fingerprint density at radius 3 is 2.61 bits per heavy atom. The van der Waals surface area contributed by atoms with Crippen molar-refractivity contribution in [3.63, 3.8) is 0 Å². The SMILES string of the molecule is O=C(NCCSCc1ccccc1Cl)C1CCN(S(=O)(=O)Cc2cccc(Br)c2)CC1. The molecule has 168 valence electrons. The zero-order chi connectivity index (χ0) is 22.3. The molecule has 0 bridgehead atoms. The van der Waals surface area contributed by atoms with E-state index in [0.717, 1.165) is 32.1 Å². The number of rotatable bonds is 9. The van der Waals surface area contributed by atoms with Crippen LogP contribution in [0, 0.1) is 5.92 Å². The fourth-order valence-electron chi connectivity index (χ4n) is 3.51. The predicted octanol–water partition coefficient (Wildman–Crippen LogP) is 4.69. The first kappa shape index (κ1) is 24.6. The second-order valence-corrected chi connectivity index (χ2v) is 11.9. The van der Waals surface area contributed by atoms with Crippen LogP contribution in [-0.4, -0.2) is 44.0 Å². The third kappa shape index (κ3) is 7.49. The van der Waals surface area contributed by atoms with E-state index in [1.807, 2.05) is 48.5 Å². The van der Waals surface area contributed by atoms with Crippen LogP contribution in [0.1, 0.15) is 24.0 Å². The van der Waals surface area contributed by atoms with Crippen LogP contribution in [0.25, 0.3) is 0 Å². The fourth-order valence-corrected chi connectivity index (χ4v) is 6.65. The summed E-state index contributed by atoms with van der Waals surface area (Å²) in [7, 11) is -3.39. The quantitative estimate of drug-likeness (QED) is 0.464. The number of halogens is 2. The Kier molecular flexibility index (Phi) is 9.28. The number of hydrogen-bond acceptors (Lipinski definition) is 4. The summed E-state index contributed by atoms with van der Waals surface area (Å²) in [5.74, 6) is 1.47. The van der Waals surface area contributed by atoms with E-state index in [2.05, 4.69) is 21.2 Å². The normalized spacial score (nSPS) is 15.7. The summed E-state index contributed by atoms with van der Waals surface area (Å²) in [6.45, 7) is 1.36. The van der Waals surface area contributed by atoms with Crippen molar-refractivity contribution in [3.05, 3.63) is 69.2 Å². The third-order valence-corrected chi connectivity index (χ3v) is 8.94. The van der Waals surface area contributed by atoms with Crippen molar-refractivity contribution in [2.24, 2.45) is 5.92 Å². The Morgan fingerprint density at radius 2 is 1.90 bits per heavy atom. The van der Waals surface area contributed by atoms with E-state index in [9.17, 15) is 13.2 Å². The maximum Gasteiger partial charge on any atom is 0.223 e. The molecule has 1 amide bonds. The van der Waals surface area contributed by atoms with Gasteiger partial charge in [-0.3, -0.25) is 4.79 Å². The molecule has 0 spiro atoms. The molecule has 5 nitrogen and oxygen atoms in total. The summed E-state index contributed by atoms with van der Waals surface area (Å²) < 4.78 is 27.8. The van der Waals surface area contributed by atoms with Gasteiger partial charge in [0.05, 0.1) is 5.75 Å². The molecule has 2 aromatic rings. The molecule has 0 aliphatic carbocycles. The van der Waals surface area contributed by atoms with Crippen LogP contribution in [0.3, 0.4) is 0 Å². The number of carbonyl (C=O) groups excluding carboxylic acids is 1. The highest BCUT2D eigenvalue weighted by atomic mass is 79.9. The second-order valence-electron chi connectivity index (χ2n) is 7.49. The zero-order valence-electron chi connectivity index (χ0n) is 17.1. The zero-order valence-corrected chi connectivity index (χ0v) is 21.1. The largest absolute Gasteiger partial charge is 0.355 e. The number of benzene rings is 2. The fraction of sp³-hybridized carbons (Fsp3) is 0.409. The van der Waals surface area contributed by atoms with Crippen molar-refractivity contribution < 1.29 is 13.2 Å². The van der Waals surface area contributed by atoms with Gasteiger partial charge in [-0.25, -0.2) is 12.7 Å². The van der Waals surface area contributed by atoms with Crippen molar-refractivity contribution >= 4 is 55.2 Å². The van der Waals surface area contributed by atoms with Crippen LogP contribution in [0.2, 0.25) is 5.02 Å². The Balaban J connectivity index is 1.37. The van der Waals surface area contributed by atoms with Gasteiger partial charge in [-0.05, 0) is 42.2 Å². The molecule has 1 fully saturated rings. The molecule has 1 aliphatic heterocycles. The lowest BCUT2D eigenvalue weighted by molar-refractivity contribution is -0.125. The summed E-state index contributed by atoms with van der Waals surface area (Å²) >= 11 is 11.3. The van der Waals surface area contributed by atoms with Crippen LogP contribution in [0.15, 0.2) is 53.0 Å². The molecule has 1 heterocycles. The minimum Gasteiger partial charge on any atom is -0.355 e. The number of hydrogen-bond donors (Lipinski definition) is 1. The van der Waals surface area contributed by atoms with Crippen LogP contribution in [-0.2, 0) is 26.3 Å². The van der Waals surface area contributed by atoms with Gasteiger partial charge in [0.1, 0.15) is 0 Å². The number of thioether (sulfide) groups is 1. The van der Waals surface area contributed by atoms with Gasteiger partial charge in [0.2, 0.25) is 15.9 Å². The predicted molar refractivity (Wildman–Crippen MR) is 132 cm³/mol. The van der Waals surface area contributed by atoms with Crippen molar-refractivity contribution in [2.45, 2.75) is 24.3 Å². The van der Waals surface area contributed by atoms with Crippen LogP contribution < -0.4 is 5.32 Å². The molecule has 0 atom stereocenters. The molecule has 31 heavy (non-hydrogen) atoms. The molecule has 0 aromatic heterocycles. The summed E-state index contributed by atoms with van der Waals surface area (Å²) in [6, 6.07) is 15.1. The van der Waals surface area contributed by atoms with Crippen LogP contribution >= 0.6 is 39.3 Å². The Hall–Kier alpha value is -1.06. The van der Waals surface area contributed by atoms with Gasteiger partial charge in [-0.2, -0.15) is 11.8 Å². The van der Waals surface area contributed by atoms with E-state index < -0.39 is 10.0 Å². The Bertz CT molecular complexity index is 996. The number of nitrogens with zero attached hydrogens (tertiary/aromatic N) is 1. The van der Waals surface area contributed by atoms with E-state index in [1.54, 1.807) is 11.8 Å². The molecule has 0 unspecified atom stereocenters. The van der Waals surface area contributed by atoms with Gasteiger partial charge in [0.25, 0.3) is 0 Å². The van der Waals surface area contributed by atoms with Crippen molar-refractivity contribution in [3.8, 4) is 0 Å². The molecular weight excluding hydrogens is 520 g/mol. The number of amides is 1. The Morgan fingerprint density at radius 1 is 1.16 bits per heavy atom. The van der Waals surface area contributed by atoms with E-state index >= 15 is 0 Å². The topological polar surface area (TPSA) is 66.5 Å². The smallest absolute Gasteiger partial charge is 0.223 e. The van der Waals surface area contributed by atoms with Gasteiger partial charge >= 0.3 is 0 Å². The van der Waals surface area contributed by atoms with Gasteiger partial charge in [-0.1, -0.05) is 57.9 Å². The summed E-state index contributed by atoms with van der Waals surface area (Å²) in [6.07, 6.45) is 1.10. The highest BCUT2D eigenvalue weighted by molar-refractivity contribution is 9.10.